The Kier molecular flexibility index (Phi) is 24.7. The van der Waals surface area contributed by atoms with E-state index in [0.717, 1.165) is 0 Å². The van der Waals surface area contributed by atoms with Gasteiger partial charge < -0.3 is 81.8 Å². The summed E-state index contributed by atoms with van der Waals surface area (Å²) < 4.78 is 0. The zero-order valence-electron chi connectivity index (χ0n) is 39.2. The van der Waals surface area contributed by atoms with E-state index in [1.165, 1.54) is 43.3 Å². The molecular weight excluding hydrogens is 899 g/mol. The molecular formula is C44H69N15O10. The summed E-state index contributed by atoms with van der Waals surface area (Å²) in [6.45, 7) is 5.00. The summed E-state index contributed by atoms with van der Waals surface area (Å²) in [5.74, 6) is -6.07. The van der Waals surface area contributed by atoms with E-state index in [4.69, 9.17) is 34.4 Å². The van der Waals surface area contributed by atoms with Crippen molar-refractivity contribution in [1.29, 1.82) is 0 Å². The fourth-order valence-electron chi connectivity index (χ4n) is 6.81. The third kappa shape index (κ3) is 23.4. The minimum Gasteiger partial charge on any atom is -0.508 e. The van der Waals surface area contributed by atoms with Crippen LogP contribution in [0.25, 0.3) is 0 Å². The highest BCUT2D eigenvalue weighted by Gasteiger charge is 2.33. The Hall–Kier alpha value is -7.86. The molecule has 0 aliphatic heterocycles. The molecule has 21 N–H and O–H groups in total. The molecule has 0 saturated carbocycles. The quantitative estimate of drug-likeness (QED) is 0.0210. The number of hydrogen-bond donors (Lipinski definition) is 15. The van der Waals surface area contributed by atoms with E-state index in [-0.39, 0.29) is 107 Å². The predicted octanol–water partition coefficient (Wildman–Crippen LogP) is -3.10. The number of guanidine groups is 2. The molecule has 0 bridgehead atoms. The van der Waals surface area contributed by atoms with Crippen LogP contribution in [0.5, 0.6) is 11.5 Å². The highest BCUT2D eigenvalue weighted by atomic mass is 16.3. The summed E-state index contributed by atoms with van der Waals surface area (Å²) in [4.78, 5) is 114. The molecule has 0 aliphatic rings. The minimum atomic E-state index is -1.39. The monoisotopic (exact) mass is 968 g/mol. The van der Waals surface area contributed by atoms with Gasteiger partial charge in [-0.15, -0.1) is 0 Å². The van der Waals surface area contributed by atoms with Gasteiger partial charge >= 0.3 is 6.03 Å². The number of urea groups is 1. The number of amides is 9. The molecule has 6 atom stereocenters. The number of nitrogens with zero attached hydrogens (tertiary/aromatic N) is 2. The van der Waals surface area contributed by atoms with E-state index < -0.39 is 83.6 Å². The summed E-state index contributed by atoms with van der Waals surface area (Å²) in [5.41, 5.74) is 33.7. The van der Waals surface area contributed by atoms with Crippen molar-refractivity contribution in [3.8, 4) is 11.5 Å². The van der Waals surface area contributed by atoms with E-state index in [1.54, 1.807) is 26.0 Å². The summed E-state index contributed by atoms with van der Waals surface area (Å²) in [5, 5.41) is 37.8. The van der Waals surface area contributed by atoms with Crippen LogP contribution in [-0.2, 0) is 46.4 Å². The van der Waals surface area contributed by atoms with E-state index in [0.29, 0.717) is 11.1 Å². The normalized spacial score (nSPS) is 13.4. The molecule has 69 heavy (non-hydrogen) atoms. The summed E-state index contributed by atoms with van der Waals surface area (Å²) in [6.07, 6.45) is 0.358. The second kappa shape index (κ2) is 29.7. The first-order valence-corrected chi connectivity index (χ1v) is 22.3. The summed E-state index contributed by atoms with van der Waals surface area (Å²) >= 11 is 0. The van der Waals surface area contributed by atoms with Crippen molar-refractivity contribution in [2.45, 2.75) is 115 Å². The molecule has 2 aromatic carbocycles. The number of benzene rings is 2. The number of primary amides is 2. The van der Waals surface area contributed by atoms with Crippen molar-refractivity contribution in [3.63, 3.8) is 0 Å². The van der Waals surface area contributed by atoms with E-state index in [1.807, 2.05) is 0 Å². The Morgan fingerprint density at radius 2 is 0.870 bits per heavy atom. The second-order valence-corrected chi connectivity index (χ2v) is 16.7. The Morgan fingerprint density at radius 3 is 1.28 bits per heavy atom. The molecule has 0 aliphatic carbocycles. The van der Waals surface area contributed by atoms with Crippen molar-refractivity contribution in [3.05, 3.63) is 59.7 Å². The number of aliphatic imine (C=N–C) groups is 2. The molecule has 380 valence electrons. The predicted molar refractivity (Wildman–Crippen MR) is 256 cm³/mol. The van der Waals surface area contributed by atoms with Gasteiger partial charge in [-0.05, 0) is 86.3 Å². The Labute approximate surface area is 400 Å². The maximum absolute atomic E-state index is 14.3. The van der Waals surface area contributed by atoms with Crippen LogP contribution >= 0.6 is 0 Å². The Morgan fingerprint density at radius 1 is 0.507 bits per heavy atom. The third-order valence-corrected chi connectivity index (χ3v) is 10.2. The van der Waals surface area contributed by atoms with Crippen molar-refractivity contribution < 1.29 is 48.6 Å². The number of nitrogens with one attached hydrogen (secondary N) is 7. The van der Waals surface area contributed by atoms with Crippen LogP contribution in [0.2, 0.25) is 0 Å². The van der Waals surface area contributed by atoms with Crippen molar-refractivity contribution in [1.82, 2.24) is 37.2 Å². The molecule has 0 spiro atoms. The molecule has 0 aromatic heterocycles. The van der Waals surface area contributed by atoms with Crippen molar-refractivity contribution in [2.24, 2.45) is 50.3 Å². The lowest BCUT2D eigenvalue weighted by Gasteiger charge is -2.28. The number of aromatic hydroxyl groups is 2. The summed E-state index contributed by atoms with van der Waals surface area (Å²) in [6, 6.07) is 3.14. The number of carbonyl (C=O) groups is 8. The number of carbonyl (C=O) groups excluding carboxylic acids is 8. The van der Waals surface area contributed by atoms with Crippen LogP contribution in [0.3, 0.4) is 0 Å². The standard InChI is InChI=1S/C44H69N15O10/c1-24(2)21-34(40(67)55-31(8-5-19-52-43(48)49)38(65)57-33(36(45)63)22-26-10-14-28(61)15-11-26)58-39(66)32(9-6-20-53-44(50)69)56-41(68)35(23-27-12-16-29(62)17-13-27)59-37(64)30(54-25(3)60)7-4-18-51-42(46)47/h10-17,24,30-35,61-62H,4-9,18-23H2,1-3H3,(H2,45,63)(H,54,60)(H,55,67)(H,56,68)(H,57,65)(H,58,66)(H,59,64)(H4,46,47,51)(H4,48,49,52)(H3,50,53,69)/t30-,31-,32-,33-,34-,35-/m0/s1. The van der Waals surface area contributed by atoms with Crippen LogP contribution in [0.4, 0.5) is 4.79 Å². The molecule has 0 fully saturated rings. The number of phenols is 2. The average molecular weight is 968 g/mol. The lowest BCUT2D eigenvalue weighted by Crippen LogP contribution is -2.60. The Bertz CT molecular complexity index is 2090. The van der Waals surface area contributed by atoms with Crippen LogP contribution in [-0.4, -0.2) is 125 Å². The van der Waals surface area contributed by atoms with Crippen LogP contribution in [0, 0.1) is 5.92 Å². The fourth-order valence-corrected chi connectivity index (χ4v) is 6.81. The highest BCUT2D eigenvalue weighted by Crippen LogP contribution is 2.15. The van der Waals surface area contributed by atoms with E-state index in [2.05, 4.69) is 47.2 Å². The number of hydrogen-bond acceptors (Lipinski definition) is 12. The van der Waals surface area contributed by atoms with Gasteiger partial charge in [0.2, 0.25) is 41.4 Å². The fraction of sp³-hybridized carbons (Fsp3) is 0.500. The van der Waals surface area contributed by atoms with Crippen LogP contribution in [0.15, 0.2) is 58.5 Å². The average Bonchev–Trinajstić information content (AvgIpc) is 3.26. The summed E-state index contributed by atoms with van der Waals surface area (Å²) in [7, 11) is 0. The third-order valence-electron chi connectivity index (χ3n) is 10.2. The topological polar surface area (TPSA) is 442 Å². The number of phenolic OH excluding ortho intramolecular Hbond substituents is 2. The molecule has 2 rings (SSSR count). The molecule has 9 amide bonds. The van der Waals surface area contributed by atoms with Gasteiger partial charge in [-0.2, -0.15) is 0 Å². The SMILES string of the molecule is CC(=O)N[C@@H](CCCN=C(N)N)C(=O)N[C@@H](Cc1ccc(O)cc1)C(=O)N[C@@H](CCCNC(N)=O)C(=O)N[C@@H](CC(C)C)C(=O)N[C@@H](CCCN=C(N)N)C(=O)N[C@@H](Cc1ccc(O)cc1)C(N)=O. The van der Waals surface area contributed by atoms with Crippen molar-refractivity contribution >= 4 is 59.3 Å². The number of rotatable bonds is 30. The van der Waals surface area contributed by atoms with Crippen molar-refractivity contribution in [2.75, 3.05) is 19.6 Å². The van der Waals surface area contributed by atoms with Gasteiger partial charge in [-0.1, -0.05) is 38.1 Å². The minimum absolute atomic E-state index is 0.00744. The lowest BCUT2D eigenvalue weighted by atomic mass is 10.00. The van der Waals surface area contributed by atoms with E-state index in [9.17, 15) is 48.6 Å². The first kappa shape index (κ1) is 57.3. The molecule has 0 saturated heterocycles. The van der Waals surface area contributed by atoms with Gasteiger partial charge in [0, 0.05) is 39.4 Å². The first-order chi connectivity index (χ1) is 32.5. The maximum atomic E-state index is 14.3. The smallest absolute Gasteiger partial charge is 0.312 e. The second-order valence-electron chi connectivity index (χ2n) is 16.7. The van der Waals surface area contributed by atoms with Crippen LogP contribution in [0.1, 0.15) is 76.8 Å². The molecule has 0 unspecified atom stereocenters. The van der Waals surface area contributed by atoms with Gasteiger partial charge in [0.25, 0.3) is 0 Å². The highest BCUT2D eigenvalue weighted by molar-refractivity contribution is 5.97. The van der Waals surface area contributed by atoms with E-state index >= 15 is 0 Å². The maximum Gasteiger partial charge on any atom is 0.312 e. The van der Waals surface area contributed by atoms with Gasteiger partial charge in [0.05, 0.1) is 0 Å². The van der Waals surface area contributed by atoms with Gasteiger partial charge in [-0.25, -0.2) is 4.79 Å². The van der Waals surface area contributed by atoms with Gasteiger partial charge in [0.1, 0.15) is 47.8 Å². The zero-order chi connectivity index (χ0) is 51.6. The largest absolute Gasteiger partial charge is 0.508 e. The molecule has 25 heteroatoms. The molecule has 25 nitrogen and oxygen atoms in total. The van der Waals surface area contributed by atoms with Gasteiger partial charge in [0.15, 0.2) is 11.9 Å². The number of nitrogens with two attached hydrogens (primary N) is 6. The zero-order valence-corrected chi connectivity index (χ0v) is 39.2. The van der Waals surface area contributed by atoms with Gasteiger partial charge in [-0.3, -0.25) is 43.5 Å². The Balaban J connectivity index is 2.48. The molecule has 0 heterocycles. The first-order valence-electron chi connectivity index (χ1n) is 22.3. The molecule has 0 radical (unpaired) electrons. The molecule has 2 aromatic rings. The van der Waals surface area contributed by atoms with Crippen LogP contribution < -0.4 is 71.6 Å². The lowest BCUT2D eigenvalue weighted by molar-refractivity contribution is -0.135.